The Balaban J connectivity index is 1.70. The minimum absolute atomic E-state index is 0.0497. The predicted octanol–water partition coefficient (Wildman–Crippen LogP) is 5.31. The Morgan fingerprint density at radius 3 is 2.71 bits per heavy atom. The molecule has 7 nitrogen and oxygen atoms in total. The summed E-state index contributed by atoms with van der Waals surface area (Å²) in [6.45, 7) is 4.44. The lowest BCUT2D eigenvalue weighted by molar-refractivity contribution is 0.156. The molecule has 178 valence electrons. The van der Waals surface area contributed by atoms with Gasteiger partial charge in [-0.25, -0.2) is 9.37 Å². The third-order valence-corrected chi connectivity index (χ3v) is 6.97. The summed E-state index contributed by atoms with van der Waals surface area (Å²) in [5, 5.41) is 18.7. The Morgan fingerprint density at radius 2 is 2.00 bits per heavy atom. The highest BCUT2D eigenvalue weighted by molar-refractivity contribution is 6.32. The van der Waals surface area contributed by atoms with Crippen LogP contribution >= 0.6 is 11.6 Å². The number of aryl methyl sites for hydroxylation is 1. The third kappa shape index (κ3) is 3.80. The number of aromatic hydroxyl groups is 1. The summed E-state index contributed by atoms with van der Waals surface area (Å²) in [4.78, 5) is 6.94. The standard InChI is InChI=1S/C25H26ClFN4O3/c1-13-19-16-11-28-30-25(16)29-22(15-4-5-18(32)17(26)10-15)20(19)21(27)24(33-3)23(13)34-12-14-6-8-31(2)9-7-14/h4-5,10-11,14,32H,6-9,12H2,1-3H3,(H,28,29,30). The van der Waals surface area contributed by atoms with Crippen molar-refractivity contribution in [3.63, 3.8) is 0 Å². The molecule has 2 aromatic carbocycles. The van der Waals surface area contributed by atoms with Crippen LogP contribution in [0.2, 0.25) is 5.02 Å². The first-order chi connectivity index (χ1) is 16.4. The largest absolute Gasteiger partial charge is 0.506 e. The van der Waals surface area contributed by atoms with Gasteiger partial charge in [-0.2, -0.15) is 5.10 Å². The van der Waals surface area contributed by atoms with Crippen LogP contribution in [0.1, 0.15) is 18.4 Å². The number of nitrogens with zero attached hydrogens (tertiary/aromatic N) is 3. The summed E-state index contributed by atoms with van der Waals surface area (Å²) < 4.78 is 27.9. The van der Waals surface area contributed by atoms with Gasteiger partial charge < -0.3 is 19.5 Å². The van der Waals surface area contributed by atoms with Crippen molar-refractivity contribution in [2.24, 2.45) is 5.92 Å². The molecule has 0 saturated carbocycles. The monoisotopic (exact) mass is 484 g/mol. The summed E-state index contributed by atoms with van der Waals surface area (Å²) in [5.74, 6) is 0.233. The number of pyridine rings is 1. The zero-order chi connectivity index (χ0) is 24.0. The second-order valence-corrected chi connectivity index (χ2v) is 9.28. The lowest BCUT2D eigenvalue weighted by atomic mass is 9.96. The Labute approximate surface area is 201 Å². The van der Waals surface area contributed by atoms with Crippen LogP contribution in [0.5, 0.6) is 17.2 Å². The van der Waals surface area contributed by atoms with E-state index in [0.717, 1.165) is 31.5 Å². The highest BCUT2D eigenvalue weighted by Crippen LogP contribution is 2.46. The molecule has 9 heteroatoms. The molecule has 0 atom stereocenters. The normalized spacial score (nSPS) is 15.3. The predicted molar refractivity (Wildman–Crippen MR) is 130 cm³/mol. The van der Waals surface area contributed by atoms with Crippen molar-refractivity contribution in [2.75, 3.05) is 33.9 Å². The maximum Gasteiger partial charge on any atom is 0.197 e. The zero-order valence-corrected chi connectivity index (χ0v) is 20.0. The number of hydrogen-bond donors (Lipinski definition) is 2. The minimum Gasteiger partial charge on any atom is -0.506 e. The van der Waals surface area contributed by atoms with Crippen molar-refractivity contribution >= 4 is 33.4 Å². The van der Waals surface area contributed by atoms with Gasteiger partial charge in [-0.15, -0.1) is 0 Å². The van der Waals surface area contributed by atoms with E-state index in [0.29, 0.717) is 46.0 Å². The van der Waals surface area contributed by atoms with Gasteiger partial charge in [-0.3, -0.25) is 5.10 Å². The lowest BCUT2D eigenvalue weighted by Crippen LogP contribution is -2.32. The van der Waals surface area contributed by atoms with Gasteiger partial charge >= 0.3 is 0 Å². The number of hydrogen-bond acceptors (Lipinski definition) is 6. The number of halogens is 2. The van der Waals surface area contributed by atoms with Crippen molar-refractivity contribution in [2.45, 2.75) is 19.8 Å². The van der Waals surface area contributed by atoms with E-state index in [2.05, 4.69) is 27.1 Å². The first kappa shape index (κ1) is 22.7. The molecule has 0 unspecified atom stereocenters. The van der Waals surface area contributed by atoms with Crippen LogP contribution in [0.4, 0.5) is 4.39 Å². The fourth-order valence-corrected chi connectivity index (χ4v) is 4.90. The van der Waals surface area contributed by atoms with Crippen molar-refractivity contribution < 1.29 is 19.0 Å². The number of rotatable bonds is 5. The second kappa shape index (κ2) is 8.92. The molecule has 2 N–H and O–H groups in total. The van der Waals surface area contributed by atoms with E-state index in [9.17, 15) is 5.11 Å². The van der Waals surface area contributed by atoms with Crippen molar-refractivity contribution in [3.05, 3.63) is 40.8 Å². The summed E-state index contributed by atoms with van der Waals surface area (Å²) in [6, 6.07) is 4.67. The van der Waals surface area contributed by atoms with Gasteiger partial charge in [-0.05, 0) is 64.0 Å². The van der Waals surface area contributed by atoms with E-state index in [-0.39, 0.29) is 21.9 Å². The number of phenols is 1. The molecule has 34 heavy (non-hydrogen) atoms. The minimum atomic E-state index is -0.559. The number of benzene rings is 2. The molecular weight excluding hydrogens is 459 g/mol. The molecular formula is C25H26ClFN4O3. The van der Waals surface area contributed by atoms with Gasteiger partial charge in [0.05, 0.1) is 30.6 Å². The van der Waals surface area contributed by atoms with E-state index in [1.807, 2.05) is 6.92 Å². The Morgan fingerprint density at radius 1 is 1.24 bits per heavy atom. The Kier molecular flexibility index (Phi) is 5.95. The number of methoxy groups -OCH3 is 1. The molecule has 0 spiro atoms. The topological polar surface area (TPSA) is 83.5 Å². The molecule has 1 fully saturated rings. The van der Waals surface area contributed by atoms with Crippen LogP contribution in [-0.2, 0) is 0 Å². The van der Waals surface area contributed by atoms with Crippen LogP contribution in [0, 0.1) is 18.7 Å². The van der Waals surface area contributed by atoms with E-state index < -0.39 is 5.82 Å². The molecule has 1 aliphatic heterocycles. The Bertz CT molecular complexity index is 1380. The van der Waals surface area contributed by atoms with Gasteiger partial charge in [0.15, 0.2) is 23.0 Å². The van der Waals surface area contributed by atoms with Crippen molar-refractivity contribution in [3.8, 4) is 28.5 Å². The fourth-order valence-electron chi connectivity index (χ4n) is 4.72. The quantitative estimate of drug-likeness (QED) is 0.399. The molecule has 1 saturated heterocycles. The second-order valence-electron chi connectivity index (χ2n) is 8.87. The van der Waals surface area contributed by atoms with E-state index in [1.54, 1.807) is 18.3 Å². The molecule has 0 radical (unpaired) electrons. The van der Waals surface area contributed by atoms with E-state index in [4.69, 9.17) is 21.1 Å². The number of piperidine rings is 1. The molecule has 0 amide bonds. The molecule has 1 aliphatic rings. The smallest absolute Gasteiger partial charge is 0.197 e. The van der Waals surface area contributed by atoms with Gasteiger partial charge in [0.1, 0.15) is 5.75 Å². The number of H-pyrrole nitrogens is 1. The van der Waals surface area contributed by atoms with Crippen LogP contribution in [0.3, 0.4) is 0 Å². The van der Waals surface area contributed by atoms with E-state index in [1.165, 1.54) is 13.2 Å². The molecule has 0 aliphatic carbocycles. The first-order valence-electron chi connectivity index (χ1n) is 11.2. The summed E-state index contributed by atoms with van der Waals surface area (Å²) in [6.07, 6.45) is 3.71. The SMILES string of the molecule is COc1c(OCC2CCN(C)CC2)c(C)c2c(c(-c3ccc(O)c(Cl)c3)nc3[nH]ncc32)c1F. The summed E-state index contributed by atoms with van der Waals surface area (Å²) in [7, 11) is 3.55. The molecule has 5 rings (SSSR count). The number of aromatic amines is 1. The number of phenolic OH excluding ortho intramolecular Hbond substituents is 1. The number of ether oxygens (including phenoxy) is 2. The average molecular weight is 485 g/mol. The fraction of sp³-hybridized carbons (Fsp3) is 0.360. The van der Waals surface area contributed by atoms with Gasteiger partial charge in [-0.1, -0.05) is 11.6 Å². The summed E-state index contributed by atoms with van der Waals surface area (Å²) >= 11 is 6.15. The molecule has 4 aromatic rings. The molecule has 3 heterocycles. The van der Waals surface area contributed by atoms with Crippen LogP contribution in [0.15, 0.2) is 24.4 Å². The van der Waals surface area contributed by atoms with Crippen molar-refractivity contribution in [1.29, 1.82) is 0 Å². The van der Waals surface area contributed by atoms with Gasteiger partial charge in [0.25, 0.3) is 0 Å². The van der Waals surface area contributed by atoms with Crippen LogP contribution in [0.25, 0.3) is 33.1 Å². The van der Waals surface area contributed by atoms with Crippen LogP contribution < -0.4 is 9.47 Å². The zero-order valence-electron chi connectivity index (χ0n) is 19.3. The van der Waals surface area contributed by atoms with Gasteiger partial charge in [0, 0.05) is 27.3 Å². The van der Waals surface area contributed by atoms with Crippen molar-refractivity contribution in [1.82, 2.24) is 20.1 Å². The highest BCUT2D eigenvalue weighted by atomic mass is 35.5. The number of aromatic nitrogens is 3. The van der Waals surface area contributed by atoms with Gasteiger partial charge in [0.2, 0.25) is 0 Å². The van der Waals surface area contributed by atoms with Crippen LogP contribution in [-0.4, -0.2) is 59.0 Å². The molecule has 0 bridgehead atoms. The third-order valence-electron chi connectivity index (χ3n) is 6.67. The maximum absolute atomic E-state index is 16.1. The average Bonchev–Trinajstić information content (AvgIpc) is 3.30. The summed E-state index contributed by atoms with van der Waals surface area (Å²) in [5.41, 5.74) is 2.20. The Hall–Kier alpha value is -3.10. The number of likely N-dealkylation sites (tertiary alicyclic amines) is 1. The molecule has 2 aromatic heterocycles. The first-order valence-corrected chi connectivity index (χ1v) is 11.6. The highest BCUT2D eigenvalue weighted by Gasteiger charge is 2.27. The number of fused-ring (bicyclic) bond motifs is 3. The van der Waals surface area contributed by atoms with E-state index >= 15 is 4.39 Å². The number of nitrogens with one attached hydrogen (secondary N) is 1. The maximum atomic E-state index is 16.1. The lowest BCUT2D eigenvalue weighted by Gasteiger charge is -2.29.